The Morgan fingerprint density at radius 1 is 1.35 bits per heavy atom. The molecule has 0 radical (unpaired) electrons. The minimum Gasteiger partial charge on any atom is -0.487 e. The Bertz CT molecular complexity index is 508. The van der Waals surface area contributed by atoms with E-state index in [0.29, 0.717) is 12.4 Å². The fraction of sp³-hybridized carbons (Fsp3) is 0.308. The molecule has 2 aromatic rings. The smallest absolute Gasteiger partial charge is 0.130 e. The first kappa shape index (κ1) is 11.6. The first-order valence-electron chi connectivity index (χ1n) is 5.59. The van der Waals surface area contributed by atoms with E-state index in [4.69, 9.17) is 4.74 Å². The van der Waals surface area contributed by atoms with Gasteiger partial charge in [0.05, 0.1) is 11.4 Å². The summed E-state index contributed by atoms with van der Waals surface area (Å²) in [5.41, 5.74) is 2.01. The van der Waals surface area contributed by atoms with Crippen molar-refractivity contribution in [3.8, 4) is 5.75 Å². The van der Waals surface area contributed by atoms with E-state index in [1.807, 2.05) is 13.1 Å². The van der Waals surface area contributed by atoms with Gasteiger partial charge in [-0.2, -0.15) is 5.10 Å². The molecule has 0 fully saturated rings. The number of aryl methyl sites for hydroxylation is 2. The number of nitrogens with zero attached hydrogens (tertiary/aromatic N) is 2. The average molecular weight is 234 g/mol. The normalized spacial score (nSPS) is 10.5. The maximum atomic E-state index is 12.9. The summed E-state index contributed by atoms with van der Waals surface area (Å²) in [6.07, 6.45) is 0.897. The Labute approximate surface area is 99.8 Å². The van der Waals surface area contributed by atoms with Gasteiger partial charge in [-0.1, -0.05) is 13.0 Å². The van der Waals surface area contributed by atoms with E-state index >= 15 is 0 Å². The molecule has 2 rings (SSSR count). The molecular formula is C13H15FN2O. The summed E-state index contributed by atoms with van der Waals surface area (Å²) >= 11 is 0. The third-order valence-corrected chi connectivity index (χ3v) is 2.57. The number of hydrogen-bond acceptors (Lipinski definition) is 2. The molecule has 1 heterocycles. The highest BCUT2D eigenvalue weighted by Crippen LogP contribution is 2.14. The highest BCUT2D eigenvalue weighted by molar-refractivity contribution is 5.22. The molecule has 0 N–H and O–H groups in total. The topological polar surface area (TPSA) is 27.1 Å². The number of benzene rings is 1. The van der Waals surface area contributed by atoms with Gasteiger partial charge in [0.25, 0.3) is 0 Å². The molecule has 0 amide bonds. The number of aromatic nitrogens is 2. The lowest BCUT2D eigenvalue weighted by atomic mass is 10.3. The minimum absolute atomic E-state index is 0.290. The standard InChI is InChI=1S/C13H15FN2O/c1-3-11-8-12(16(2)15-11)9-17-13-6-4-5-10(14)7-13/h4-8H,3,9H2,1-2H3. The minimum atomic E-state index is -0.290. The monoisotopic (exact) mass is 234 g/mol. The molecule has 1 aromatic heterocycles. The largest absolute Gasteiger partial charge is 0.487 e. The van der Waals surface area contributed by atoms with E-state index in [-0.39, 0.29) is 5.82 Å². The van der Waals surface area contributed by atoms with Crippen LogP contribution in [0.1, 0.15) is 18.3 Å². The summed E-state index contributed by atoms with van der Waals surface area (Å²) in [5, 5.41) is 4.32. The lowest BCUT2D eigenvalue weighted by Crippen LogP contribution is -2.03. The van der Waals surface area contributed by atoms with Gasteiger partial charge in [0.1, 0.15) is 18.2 Å². The second-order valence-corrected chi connectivity index (χ2v) is 3.85. The van der Waals surface area contributed by atoms with Crippen LogP contribution in [0.4, 0.5) is 4.39 Å². The van der Waals surface area contributed by atoms with Gasteiger partial charge in [0.15, 0.2) is 0 Å². The maximum absolute atomic E-state index is 12.9. The van der Waals surface area contributed by atoms with Gasteiger partial charge in [0.2, 0.25) is 0 Å². The van der Waals surface area contributed by atoms with Crippen LogP contribution in [0.2, 0.25) is 0 Å². The summed E-state index contributed by atoms with van der Waals surface area (Å²) in [6.45, 7) is 2.45. The molecule has 17 heavy (non-hydrogen) atoms. The Hall–Kier alpha value is -1.84. The van der Waals surface area contributed by atoms with Crippen LogP contribution in [0, 0.1) is 5.82 Å². The molecule has 0 aliphatic carbocycles. The second kappa shape index (κ2) is 4.99. The Morgan fingerprint density at radius 3 is 2.82 bits per heavy atom. The molecule has 1 aromatic carbocycles. The molecular weight excluding hydrogens is 219 g/mol. The molecule has 0 unspecified atom stereocenters. The van der Waals surface area contributed by atoms with Crippen molar-refractivity contribution in [2.24, 2.45) is 7.05 Å². The first-order valence-corrected chi connectivity index (χ1v) is 5.59. The van der Waals surface area contributed by atoms with Crippen LogP contribution in [0.5, 0.6) is 5.75 Å². The molecule has 0 aliphatic heterocycles. The van der Waals surface area contributed by atoms with Crippen molar-refractivity contribution in [2.75, 3.05) is 0 Å². The van der Waals surface area contributed by atoms with Crippen LogP contribution < -0.4 is 4.74 Å². The van der Waals surface area contributed by atoms with E-state index in [2.05, 4.69) is 12.0 Å². The van der Waals surface area contributed by atoms with Crippen molar-refractivity contribution in [2.45, 2.75) is 20.0 Å². The van der Waals surface area contributed by atoms with E-state index < -0.39 is 0 Å². The van der Waals surface area contributed by atoms with Crippen LogP contribution in [0.15, 0.2) is 30.3 Å². The van der Waals surface area contributed by atoms with Crippen LogP contribution in [-0.4, -0.2) is 9.78 Å². The zero-order valence-electron chi connectivity index (χ0n) is 9.98. The lowest BCUT2D eigenvalue weighted by molar-refractivity contribution is 0.293. The number of ether oxygens (including phenoxy) is 1. The molecule has 0 saturated carbocycles. The van der Waals surface area contributed by atoms with Crippen LogP contribution in [0.3, 0.4) is 0 Å². The molecule has 3 nitrogen and oxygen atoms in total. The summed E-state index contributed by atoms with van der Waals surface area (Å²) in [4.78, 5) is 0. The zero-order chi connectivity index (χ0) is 12.3. The van der Waals surface area contributed by atoms with E-state index in [1.165, 1.54) is 12.1 Å². The molecule has 0 aliphatic rings. The highest BCUT2D eigenvalue weighted by atomic mass is 19.1. The summed E-state index contributed by atoms with van der Waals surface area (Å²) < 4.78 is 20.2. The summed E-state index contributed by atoms with van der Waals surface area (Å²) in [6, 6.07) is 8.13. The van der Waals surface area contributed by atoms with E-state index in [1.54, 1.807) is 16.8 Å². The quantitative estimate of drug-likeness (QED) is 0.813. The fourth-order valence-electron chi connectivity index (χ4n) is 1.59. The van der Waals surface area contributed by atoms with Crippen molar-refractivity contribution < 1.29 is 9.13 Å². The van der Waals surface area contributed by atoms with Gasteiger partial charge in [-0.05, 0) is 24.6 Å². The predicted octanol–water partition coefficient (Wildman–Crippen LogP) is 2.70. The van der Waals surface area contributed by atoms with Gasteiger partial charge in [-0.15, -0.1) is 0 Å². The Morgan fingerprint density at radius 2 is 2.18 bits per heavy atom. The van der Waals surface area contributed by atoms with Crippen LogP contribution >= 0.6 is 0 Å². The third-order valence-electron chi connectivity index (χ3n) is 2.57. The molecule has 90 valence electrons. The number of halogens is 1. The summed E-state index contributed by atoms with van der Waals surface area (Å²) in [5.74, 6) is 0.242. The SMILES string of the molecule is CCc1cc(COc2cccc(F)c2)n(C)n1. The summed E-state index contributed by atoms with van der Waals surface area (Å²) in [7, 11) is 1.88. The maximum Gasteiger partial charge on any atom is 0.130 e. The van der Waals surface area contributed by atoms with Crippen molar-refractivity contribution in [3.63, 3.8) is 0 Å². The van der Waals surface area contributed by atoms with Gasteiger partial charge in [0, 0.05) is 13.1 Å². The molecule has 4 heteroatoms. The van der Waals surface area contributed by atoms with Crippen molar-refractivity contribution in [3.05, 3.63) is 47.5 Å². The second-order valence-electron chi connectivity index (χ2n) is 3.85. The molecule has 0 saturated heterocycles. The van der Waals surface area contributed by atoms with Gasteiger partial charge in [-0.25, -0.2) is 4.39 Å². The van der Waals surface area contributed by atoms with Crippen LogP contribution in [-0.2, 0) is 20.1 Å². The molecule has 0 atom stereocenters. The predicted molar refractivity (Wildman–Crippen MR) is 63.3 cm³/mol. The van der Waals surface area contributed by atoms with Crippen LogP contribution in [0.25, 0.3) is 0 Å². The highest BCUT2D eigenvalue weighted by Gasteiger charge is 2.04. The fourth-order valence-corrected chi connectivity index (χ4v) is 1.59. The first-order chi connectivity index (χ1) is 8.19. The number of hydrogen-bond donors (Lipinski definition) is 0. The van der Waals surface area contributed by atoms with Crippen molar-refractivity contribution in [1.29, 1.82) is 0 Å². The lowest BCUT2D eigenvalue weighted by Gasteiger charge is -2.05. The van der Waals surface area contributed by atoms with E-state index in [9.17, 15) is 4.39 Å². The molecule has 0 spiro atoms. The molecule has 0 bridgehead atoms. The van der Waals surface area contributed by atoms with Crippen molar-refractivity contribution >= 4 is 0 Å². The van der Waals surface area contributed by atoms with Crippen molar-refractivity contribution in [1.82, 2.24) is 9.78 Å². The van der Waals surface area contributed by atoms with Gasteiger partial charge in [-0.3, -0.25) is 4.68 Å². The van der Waals surface area contributed by atoms with E-state index in [0.717, 1.165) is 17.8 Å². The van der Waals surface area contributed by atoms with Gasteiger partial charge >= 0.3 is 0 Å². The van der Waals surface area contributed by atoms with Gasteiger partial charge < -0.3 is 4.74 Å². The Kier molecular flexibility index (Phi) is 3.42. The third kappa shape index (κ3) is 2.84. The number of rotatable bonds is 4. The zero-order valence-corrected chi connectivity index (χ0v) is 9.98. The average Bonchev–Trinajstić information content (AvgIpc) is 2.68. The Balaban J connectivity index is 2.04.